The highest BCUT2D eigenvalue weighted by Crippen LogP contribution is 2.53. The van der Waals surface area contributed by atoms with E-state index in [9.17, 15) is 29.7 Å². The predicted octanol–water partition coefficient (Wildman–Crippen LogP) is 12.5. The summed E-state index contributed by atoms with van der Waals surface area (Å²) in [6.07, 6.45) is 30.8. The first-order valence-electron chi connectivity index (χ1n) is 34.1. The molecule has 0 spiro atoms. The second-order valence-corrected chi connectivity index (χ2v) is 29.6. The fourth-order valence-corrected chi connectivity index (χ4v) is 15.2. The topological polar surface area (TPSA) is 231 Å². The van der Waals surface area contributed by atoms with Crippen LogP contribution in [0.3, 0.4) is 0 Å². The molecule has 8 aliphatic rings. The number of hydrogen-bond donors (Lipinski definition) is 3. The van der Waals surface area contributed by atoms with Gasteiger partial charge in [-0.1, -0.05) is 126 Å². The molecule has 21 atom stereocenters. The molecule has 536 valence electrons. The van der Waals surface area contributed by atoms with Gasteiger partial charge in [0.15, 0.2) is 12.4 Å². The highest BCUT2D eigenvalue weighted by atomic mass is 16.7. The van der Waals surface area contributed by atoms with Crippen molar-refractivity contribution in [3.05, 3.63) is 120 Å². The summed E-state index contributed by atoms with van der Waals surface area (Å²) in [5.74, 6) is 0.941. The molecule has 10 rings (SSSR count). The van der Waals surface area contributed by atoms with Gasteiger partial charge in [-0.15, -0.1) is 0 Å². The molecular formula is C77H118N4O15. The van der Waals surface area contributed by atoms with Crippen LogP contribution in [0.4, 0.5) is 0 Å². The third kappa shape index (κ3) is 18.0. The van der Waals surface area contributed by atoms with Crippen LogP contribution in [-0.4, -0.2) is 150 Å². The highest BCUT2D eigenvalue weighted by Gasteiger charge is 2.56. The zero-order chi connectivity index (χ0) is 69.0. The number of rotatable bonds is 15. The largest absolute Gasteiger partial charge is 0.457 e. The van der Waals surface area contributed by atoms with Gasteiger partial charge >= 0.3 is 17.9 Å². The number of carbonyl (C=O) groups is 3. The smallest absolute Gasteiger partial charge is 0.331 e. The zero-order valence-electron chi connectivity index (χ0n) is 59.3. The molecule has 0 amide bonds. The van der Waals surface area contributed by atoms with E-state index in [-0.39, 0.29) is 75.3 Å². The van der Waals surface area contributed by atoms with E-state index in [1.54, 1.807) is 31.9 Å². The molecule has 4 bridgehead atoms. The average Bonchev–Trinajstić information content (AvgIpc) is 1.58. The van der Waals surface area contributed by atoms with Crippen molar-refractivity contribution in [1.82, 2.24) is 19.1 Å². The van der Waals surface area contributed by atoms with Crippen LogP contribution < -0.4 is 0 Å². The quantitative estimate of drug-likeness (QED) is 0.0651. The lowest BCUT2D eigenvalue weighted by Gasteiger charge is -2.45. The van der Waals surface area contributed by atoms with Crippen molar-refractivity contribution in [1.29, 1.82) is 0 Å². The van der Waals surface area contributed by atoms with Crippen LogP contribution >= 0.6 is 0 Å². The van der Waals surface area contributed by atoms with Crippen LogP contribution in [0.2, 0.25) is 0 Å². The van der Waals surface area contributed by atoms with Crippen LogP contribution in [0.1, 0.15) is 163 Å². The number of esters is 3. The van der Waals surface area contributed by atoms with Crippen molar-refractivity contribution in [3.8, 4) is 0 Å². The minimum absolute atomic E-state index is 0. The van der Waals surface area contributed by atoms with Crippen molar-refractivity contribution >= 4 is 30.1 Å². The first-order chi connectivity index (χ1) is 44.1. The maximum absolute atomic E-state index is 13.2. The van der Waals surface area contributed by atoms with Crippen molar-refractivity contribution in [2.75, 3.05) is 26.9 Å². The van der Waals surface area contributed by atoms with E-state index in [0.717, 1.165) is 24.0 Å². The molecule has 3 N–H and O–H groups in total. The van der Waals surface area contributed by atoms with Gasteiger partial charge in [0, 0.05) is 64.5 Å². The van der Waals surface area contributed by atoms with E-state index in [1.165, 1.54) is 24.6 Å². The molecule has 2 fully saturated rings. The van der Waals surface area contributed by atoms with E-state index >= 15 is 0 Å². The van der Waals surface area contributed by atoms with E-state index in [2.05, 4.69) is 116 Å². The predicted molar refractivity (Wildman–Crippen MR) is 373 cm³/mol. The van der Waals surface area contributed by atoms with Crippen LogP contribution in [-0.2, 0) is 71.1 Å². The lowest BCUT2D eigenvalue weighted by molar-refractivity contribution is -0.227. The standard InChI is InChI=1S/C36H52N2O5.C29H40N2O5.C10H18O5.2CH4/c1-22(2)29-12-10-23(3)30-17-32(42-33(39)13-11-28-18-38(9)21-37-28)36(8)15-14-35(7,43-36)27(16-31(29)30)20-41-34-26(6)25(5)24(4)19-40-34;1-8-20-15-23-22(19(2)3)11-12-27(4,33)24(23)16-25(28(5)13-14-29(20,34-7)36-28)35-26(32)10-9-21-17-31(6)18-30-21;1-5(2)9-10(15-6(3)11)8(13)7(12)4-14-9;;/h10-11,13-16,18,21-22,24-26,29-32,34H,12,17,19-20H2,1-9H3;9-15,17-19,22-25,33H,8,16H2,1-7H3;5,7-10,12-13H,4H2,1-3H3;2*1H4/b13-11?,27-16-;10-9+,20-15-;;;/t24?,25?,26?,29-,30+,31-,32+,34?,35-,36+;22-,23-,24-,25+,27-,28+,29-;;;/m11.../s1. The Labute approximate surface area is 573 Å². The monoisotopic (exact) mass is 1340 g/mol. The molecule has 0 radical (unpaired) electrons. The Hall–Kier alpha value is -5.61. The minimum Gasteiger partial charge on any atom is -0.457 e. The summed E-state index contributed by atoms with van der Waals surface area (Å²) in [7, 11) is 5.42. The Bertz CT molecular complexity index is 3200. The number of aryl methyl sites for hydroxylation is 2. The first kappa shape index (κ1) is 79.4. The first-order valence-corrected chi connectivity index (χ1v) is 34.1. The third-order valence-corrected chi connectivity index (χ3v) is 21.4. The highest BCUT2D eigenvalue weighted by molar-refractivity contribution is 5.87. The van der Waals surface area contributed by atoms with Crippen molar-refractivity contribution in [2.45, 2.75) is 222 Å². The molecule has 96 heavy (non-hydrogen) atoms. The molecule has 8 heterocycles. The number of nitrogens with zero attached hydrogens (tertiary/aromatic N) is 4. The number of imidazole rings is 2. The van der Waals surface area contributed by atoms with Crippen LogP contribution in [0, 0.1) is 71.0 Å². The van der Waals surface area contributed by atoms with Crippen molar-refractivity contribution < 1.29 is 72.3 Å². The van der Waals surface area contributed by atoms with Crippen LogP contribution in [0.5, 0.6) is 0 Å². The number of carbonyl (C=O) groups excluding carboxylic acids is 3. The van der Waals surface area contributed by atoms with Crippen molar-refractivity contribution in [2.24, 2.45) is 85.1 Å². The van der Waals surface area contributed by atoms with Gasteiger partial charge in [-0.3, -0.25) is 4.79 Å². The summed E-state index contributed by atoms with van der Waals surface area (Å²) in [5, 5.41) is 30.6. The van der Waals surface area contributed by atoms with Crippen LogP contribution in [0.15, 0.2) is 109 Å². The molecule has 2 aromatic heterocycles. The SMILES string of the molecule is C.C.CC(=O)OC1C(O)C(O)COC1C(C)C.CC/C1=C/[C@@H]2[C@@H](C(C)C)C=C[C@@](C)(O)[C@@H]2C[C@H](OC(=O)/C=C/c2cn(C)cn2)[C@]2(C)C=C[C@@]1(OC)O2.CC1=CC[C@H](C(C)C)[C@H]2/C=C(/COC3OCC(C)C(C)C3C)[C@@]3(C)C=C[C@](C)(O3)[C@@H](OC(=O)C=Cc3cn(C)cn3)C[C@@H]12. The Kier molecular flexibility index (Phi) is 26.9. The Morgan fingerprint density at radius 1 is 0.740 bits per heavy atom. The van der Waals surface area contributed by atoms with Gasteiger partial charge in [-0.2, -0.15) is 0 Å². The van der Waals surface area contributed by atoms with Gasteiger partial charge in [-0.05, 0) is 161 Å². The number of ether oxygens (including phenoxy) is 9. The summed E-state index contributed by atoms with van der Waals surface area (Å²) in [4.78, 5) is 45.6. The van der Waals surface area contributed by atoms with E-state index < -0.39 is 70.6 Å². The number of fused-ring (bicyclic) bond motifs is 6. The number of aliphatic hydroxyl groups is 3. The second kappa shape index (κ2) is 32.6. The number of hydrogen-bond acceptors (Lipinski definition) is 17. The fraction of sp³-hybridized carbons (Fsp3) is 0.675. The molecular weight excluding hydrogens is 1220 g/mol. The van der Waals surface area contributed by atoms with Gasteiger partial charge in [0.1, 0.15) is 41.2 Å². The summed E-state index contributed by atoms with van der Waals surface area (Å²) in [6, 6.07) is 0. The molecule has 19 heteroatoms. The maximum atomic E-state index is 13.2. The molecule has 0 aromatic carbocycles. The van der Waals surface area contributed by atoms with E-state index in [0.29, 0.717) is 73.0 Å². The fourth-order valence-electron chi connectivity index (χ4n) is 15.2. The molecule has 2 saturated heterocycles. The molecule has 8 unspecified atom stereocenters. The van der Waals surface area contributed by atoms with Gasteiger partial charge < -0.3 is 67.1 Å². The minimum atomic E-state index is -1.07. The van der Waals surface area contributed by atoms with Gasteiger partial charge in [0.2, 0.25) is 5.79 Å². The number of aliphatic hydroxyl groups excluding tert-OH is 2. The lowest BCUT2D eigenvalue weighted by atomic mass is 9.62. The molecule has 19 nitrogen and oxygen atoms in total. The second-order valence-electron chi connectivity index (χ2n) is 29.6. The molecule has 2 aromatic rings. The number of methoxy groups -OCH3 is 1. The van der Waals surface area contributed by atoms with Gasteiger partial charge in [0.25, 0.3) is 0 Å². The normalized spacial score (nSPS) is 38.8. The Morgan fingerprint density at radius 3 is 1.86 bits per heavy atom. The van der Waals surface area contributed by atoms with Crippen molar-refractivity contribution in [3.63, 3.8) is 0 Å². The molecule has 2 aliphatic carbocycles. The average molecular weight is 1340 g/mol. The lowest BCUT2D eigenvalue weighted by Crippen LogP contribution is -2.56. The summed E-state index contributed by atoms with van der Waals surface area (Å²) >= 11 is 0. The summed E-state index contributed by atoms with van der Waals surface area (Å²) < 4.78 is 58.7. The van der Waals surface area contributed by atoms with E-state index in [1.807, 2.05) is 88.5 Å². The molecule has 6 aliphatic heterocycles. The third-order valence-electron chi connectivity index (χ3n) is 21.4. The number of aromatic nitrogens is 4. The van der Waals surface area contributed by atoms with E-state index in [4.69, 9.17) is 42.6 Å². The van der Waals surface area contributed by atoms with Gasteiger partial charge in [0.05, 0.1) is 55.6 Å². The maximum Gasteiger partial charge on any atom is 0.331 e. The molecule has 0 saturated carbocycles. The summed E-state index contributed by atoms with van der Waals surface area (Å²) in [5.41, 5.74) is 1.39. The zero-order valence-corrected chi connectivity index (χ0v) is 59.3. The van der Waals surface area contributed by atoms with Gasteiger partial charge in [-0.25, -0.2) is 19.6 Å². The Balaban J connectivity index is 0.000000248. The Morgan fingerprint density at radius 2 is 1.32 bits per heavy atom. The number of allylic oxidation sites excluding steroid dienone is 5. The summed E-state index contributed by atoms with van der Waals surface area (Å²) in [6.45, 7) is 34.4. The van der Waals surface area contributed by atoms with Crippen LogP contribution in [0.25, 0.3) is 12.2 Å².